The lowest BCUT2D eigenvalue weighted by atomic mass is 10.1. The van der Waals surface area contributed by atoms with Crippen LogP contribution in [0.4, 0.5) is 5.82 Å². The number of pyridine rings is 1. The number of anilines is 1. The second kappa shape index (κ2) is 6.25. The Kier molecular flexibility index (Phi) is 4.63. The van der Waals surface area contributed by atoms with Gasteiger partial charge in [0, 0.05) is 24.3 Å². The molecule has 1 aromatic carbocycles. The maximum absolute atomic E-state index is 5.92. The Morgan fingerprint density at radius 2 is 1.65 bits per heavy atom. The molecule has 0 aliphatic carbocycles. The van der Waals surface area contributed by atoms with Gasteiger partial charge in [-0.15, -0.1) is 0 Å². The first-order valence-corrected chi connectivity index (χ1v) is 7.06. The minimum absolute atomic E-state index is 0.00976. The molecule has 0 spiro atoms. The van der Waals surface area contributed by atoms with Gasteiger partial charge in [-0.2, -0.15) is 0 Å². The van der Waals surface area contributed by atoms with Gasteiger partial charge in [0.2, 0.25) is 0 Å². The van der Waals surface area contributed by atoms with Crippen molar-refractivity contribution in [2.75, 3.05) is 11.9 Å². The SMILES string of the molecule is CC(N)c1ccc(N(C)C(C)c2ccc(Cl)cc2)nc1. The normalized spacial score (nSPS) is 13.8. The highest BCUT2D eigenvalue weighted by molar-refractivity contribution is 6.30. The third-order valence-electron chi connectivity index (χ3n) is 3.59. The first-order valence-electron chi connectivity index (χ1n) is 6.69. The lowest BCUT2D eigenvalue weighted by molar-refractivity contribution is 0.726. The van der Waals surface area contributed by atoms with Crippen LogP contribution >= 0.6 is 11.6 Å². The van der Waals surface area contributed by atoms with Crippen LogP contribution in [0.5, 0.6) is 0 Å². The molecule has 20 heavy (non-hydrogen) atoms. The zero-order chi connectivity index (χ0) is 14.7. The maximum Gasteiger partial charge on any atom is 0.128 e. The summed E-state index contributed by atoms with van der Waals surface area (Å²) in [6.07, 6.45) is 1.84. The Balaban J connectivity index is 2.17. The van der Waals surface area contributed by atoms with Gasteiger partial charge in [0.15, 0.2) is 0 Å². The number of nitrogens with zero attached hydrogens (tertiary/aromatic N) is 2. The van der Waals surface area contributed by atoms with Crippen LogP contribution in [0.1, 0.15) is 37.1 Å². The summed E-state index contributed by atoms with van der Waals surface area (Å²) in [6, 6.07) is 12.2. The predicted octanol–water partition coefficient (Wildman–Crippen LogP) is 3.95. The third-order valence-corrected chi connectivity index (χ3v) is 3.84. The molecule has 0 fully saturated rings. The van der Waals surface area contributed by atoms with Gasteiger partial charge in [-0.3, -0.25) is 0 Å². The van der Waals surface area contributed by atoms with Gasteiger partial charge in [0.25, 0.3) is 0 Å². The summed E-state index contributed by atoms with van der Waals surface area (Å²) in [5.74, 6) is 0.928. The van der Waals surface area contributed by atoms with E-state index in [1.54, 1.807) is 0 Å². The Morgan fingerprint density at radius 3 is 2.15 bits per heavy atom. The number of halogens is 1. The molecule has 0 saturated carbocycles. The third kappa shape index (κ3) is 3.30. The van der Waals surface area contributed by atoms with E-state index in [2.05, 4.69) is 16.8 Å². The number of benzene rings is 1. The van der Waals surface area contributed by atoms with Gasteiger partial charge in [-0.1, -0.05) is 29.8 Å². The molecule has 0 amide bonds. The molecule has 2 N–H and O–H groups in total. The highest BCUT2D eigenvalue weighted by Crippen LogP contribution is 2.25. The number of hydrogen-bond acceptors (Lipinski definition) is 3. The summed E-state index contributed by atoms with van der Waals surface area (Å²) in [5, 5.41) is 0.753. The van der Waals surface area contributed by atoms with Gasteiger partial charge >= 0.3 is 0 Å². The van der Waals surface area contributed by atoms with Crippen LogP contribution in [0.2, 0.25) is 5.02 Å². The van der Waals surface area contributed by atoms with Crippen molar-refractivity contribution in [1.29, 1.82) is 0 Å². The van der Waals surface area contributed by atoms with E-state index in [0.29, 0.717) is 0 Å². The Morgan fingerprint density at radius 1 is 1.05 bits per heavy atom. The number of hydrogen-bond donors (Lipinski definition) is 1. The minimum Gasteiger partial charge on any atom is -0.353 e. The molecule has 1 heterocycles. The van der Waals surface area contributed by atoms with Crippen LogP contribution in [0.25, 0.3) is 0 Å². The fraction of sp³-hybridized carbons (Fsp3) is 0.312. The first-order chi connectivity index (χ1) is 9.49. The average Bonchev–Trinajstić information content (AvgIpc) is 2.46. The number of nitrogens with two attached hydrogens (primary N) is 1. The molecule has 2 aromatic rings. The van der Waals surface area contributed by atoms with Gasteiger partial charge in [-0.05, 0) is 43.2 Å². The summed E-state index contributed by atoms with van der Waals surface area (Å²) in [6.45, 7) is 4.10. The molecule has 0 radical (unpaired) electrons. The fourth-order valence-electron chi connectivity index (χ4n) is 2.04. The van der Waals surface area contributed by atoms with E-state index in [1.165, 1.54) is 5.56 Å². The van der Waals surface area contributed by atoms with Crippen LogP contribution in [0.3, 0.4) is 0 Å². The van der Waals surface area contributed by atoms with Crippen molar-refractivity contribution < 1.29 is 0 Å². The molecular formula is C16H20ClN3. The lowest BCUT2D eigenvalue weighted by Gasteiger charge is -2.26. The van der Waals surface area contributed by atoms with Gasteiger partial charge in [-0.25, -0.2) is 4.98 Å². The zero-order valence-corrected chi connectivity index (χ0v) is 12.8. The zero-order valence-electron chi connectivity index (χ0n) is 12.0. The minimum atomic E-state index is 0.00976. The highest BCUT2D eigenvalue weighted by Gasteiger charge is 2.13. The van der Waals surface area contributed by atoms with Crippen molar-refractivity contribution in [1.82, 2.24) is 4.98 Å². The molecule has 2 atom stereocenters. The largest absolute Gasteiger partial charge is 0.353 e. The van der Waals surface area contributed by atoms with Gasteiger partial charge in [0.1, 0.15) is 5.82 Å². The standard InChI is InChI=1S/C16H20ClN3/c1-11(18)14-6-9-16(19-10-14)20(3)12(2)13-4-7-15(17)8-5-13/h4-12H,18H2,1-3H3. The smallest absolute Gasteiger partial charge is 0.128 e. The molecular weight excluding hydrogens is 270 g/mol. The summed E-state index contributed by atoms with van der Waals surface area (Å²) in [4.78, 5) is 6.62. The molecule has 4 heteroatoms. The molecule has 1 aromatic heterocycles. The summed E-state index contributed by atoms with van der Waals surface area (Å²) in [5.41, 5.74) is 8.09. The summed E-state index contributed by atoms with van der Waals surface area (Å²) < 4.78 is 0. The van der Waals surface area contributed by atoms with Crippen LogP contribution in [-0.4, -0.2) is 12.0 Å². The van der Waals surface area contributed by atoms with E-state index in [-0.39, 0.29) is 12.1 Å². The van der Waals surface area contributed by atoms with Crippen LogP contribution in [0.15, 0.2) is 42.6 Å². The molecule has 0 saturated heterocycles. The van der Waals surface area contributed by atoms with E-state index in [1.807, 2.05) is 56.6 Å². The molecule has 2 rings (SSSR count). The van der Waals surface area contributed by atoms with Crippen LogP contribution < -0.4 is 10.6 Å². The maximum atomic E-state index is 5.92. The highest BCUT2D eigenvalue weighted by atomic mass is 35.5. The quantitative estimate of drug-likeness (QED) is 0.926. The van der Waals surface area contributed by atoms with Crippen LogP contribution in [-0.2, 0) is 0 Å². The topological polar surface area (TPSA) is 42.1 Å². The van der Waals surface area contributed by atoms with E-state index >= 15 is 0 Å². The van der Waals surface area contributed by atoms with Crippen molar-refractivity contribution >= 4 is 17.4 Å². The summed E-state index contributed by atoms with van der Waals surface area (Å²) >= 11 is 5.92. The Hall–Kier alpha value is -1.58. The second-order valence-electron chi connectivity index (χ2n) is 5.08. The van der Waals surface area contributed by atoms with Gasteiger partial charge in [0.05, 0.1) is 6.04 Å². The van der Waals surface area contributed by atoms with Gasteiger partial charge < -0.3 is 10.6 Å². The Labute approximate surface area is 125 Å². The van der Waals surface area contributed by atoms with Crippen molar-refractivity contribution in [2.24, 2.45) is 5.73 Å². The molecule has 106 valence electrons. The number of rotatable bonds is 4. The van der Waals surface area contributed by atoms with Crippen LogP contribution in [0, 0.1) is 0 Å². The average molecular weight is 290 g/mol. The first kappa shape index (κ1) is 14.8. The van der Waals surface area contributed by atoms with E-state index in [4.69, 9.17) is 17.3 Å². The second-order valence-corrected chi connectivity index (χ2v) is 5.51. The fourth-order valence-corrected chi connectivity index (χ4v) is 2.16. The Bertz CT molecular complexity index is 549. The lowest BCUT2D eigenvalue weighted by Crippen LogP contribution is -2.22. The molecule has 3 nitrogen and oxygen atoms in total. The predicted molar refractivity (Wildman–Crippen MR) is 85.1 cm³/mol. The summed E-state index contributed by atoms with van der Waals surface area (Å²) in [7, 11) is 2.03. The van der Waals surface area contributed by atoms with Crippen molar-refractivity contribution in [3.8, 4) is 0 Å². The molecule has 0 aliphatic heterocycles. The number of aromatic nitrogens is 1. The molecule has 0 bridgehead atoms. The monoisotopic (exact) mass is 289 g/mol. The van der Waals surface area contributed by atoms with E-state index in [9.17, 15) is 0 Å². The van der Waals surface area contributed by atoms with Crippen molar-refractivity contribution in [3.63, 3.8) is 0 Å². The van der Waals surface area contributed by atoms with Crippen molar-refractivity contribution in [2.45, 2.75) is 25.9 Å². The van der Waals surface area contributed by atoms with E-state index < -0.39 is 0 Å². The van der Waals surface area contributed by atoms with E-state index in [0.717, 1.165) is 16.4 Å². The molecule has 2 unspecified atom stereocenters. The van der Waals surface area contributed by atoms with Crippen molar-refractivity contribution in [3.05, 3.63) is 58.7 Å². The molecule has 0 aliphatic rings.